The Labute approximate surface area is 204 Å². The Morgan fingerprint density at radius 1 is 1.38 bits per heavy atom. The second-order valence-corrected chi connectivity index (χ2v) is 8.91. The van der Waals surface area contributed by atoms with Gasteiger partial charge in [-0.25, -0.2) is 0 Å². The molecule has 176 valence electrons. The van der Waals surface area contributed by atoms with Crippen LogP contribution in [0.2, 0.25) is 5.02 Å². The minimum Gasteiger partial charge on any atom is -0.329 e. The smallest absolute Gasteiger partial charge is 0.237 e. The first-order valence-corrected chi connectivity index (χ1v) is 12.2. The molecule has 0 heterocycles. The van der Waals surface area contributed by atoms with E-state index < -0.39 is 6.04 Å². The van der Waals surface area contributed by atoms with Gasteiger partial charge in [0.2, 0.25) is 5.91 Å². The molecule has 1 rings (SSSR count). The fraction of sp³-hybridized carbons (Fsp3) is 0.538. The third-order valence-electron chi connectivity index (χ3n) is 5.99. The van der Waals surface area contributed by atoms with Gasteiger partial charge in [-0.1, -0.05) is 63.1 Å². The number of rotatable bonds is 13. The highest BCUT2D eigenvalue weighted by atomic mass is 35.5. The van der Waals surface area contributed by atoms with Crippen molar-refractivity contribution >= 4 is 29.1 Å². The zero-order chi connectivity index (χ0) is 24.1. The molecule has 2 unspecified atom stereocenters. The van der Waals surface area contributed by atoms with E-state index >= 15 is 0 Å². The van der Waals surface area contributed by atoms with Gasteiger partial charge in [0.15, 0.2) is 0 Å². The molecule has 6 heteroatoms. The lowest BCUT2D eigenvalue weighted by atomic mass is 9.70. The maximum Gasteiger partial charge on any atom is 0.237 e. The second kappa shape index (κ2) is 14.4. The summed E-state index contributed by atoms with van der Waals surface area (Å²) in [5, 5.41) is 13.2. The van der Waals surface area contributed by atoms with E-state index in [1.165, 1.54) is 21.6 Å². The lowest BCUT2D eigenvalue weighted by Gasteiger charge is -2.34. The summed E-state index contributed by atoms with van der Waals surface area (Å²) in [6.07, 6.45) is 9.58. The Balaban J connectivity index is 3.11. The van der Waals surface area contributed by atoms with Crippen LogP contribution in [-0.4, -0.2) is 42.9 Å². The normalized spacial score (nSPS) is 14.8. The quantitative estimate of drug-likeness (QED) is 0.214. The number of nitrogens with zero attached hydrogens (tertiary/aromatic N) is 2. The Morgan fingerprint density at radius 3 is 2.66 bits per heavy atom. The molecule has 0 aromatic heterocycles. The Morgan fingerprint density at radius 2 is 2.09 bits per heavy atom. The molecule has 0 spiro atoms. The number of hydrogen-bond acceptors (Lipinski definition) is 3. The molecule has 1 aromatic rings. The van der Waals surface area contributed by atoms with Gasteiger partial charge >= 0.3 is 0 Å². The number of carbonyl (C=O) groups is 1. The lowest BCUT2D eigenvalue weighted by molar-refractivity contribution is -0.130. The molecule has 32 heavy (non-hydrogen) atoms. The summed E-state index contributed by atoms with van der Waals surface area (Å²) >= 11 is 12.2. The third-order valence-corrected chi connectivity index (χ3v) is 6.40. The standard InChI is InChI=1S/C26H37Cl2N3O/c1-6-10-20-17-22(28)12-13-24(20)26(4,21(7-2)11-9-15-27)14-16-30-19-25(32)31(5)23(8-3)18-29/h7,9,11-13,17,23,30H,6,8,10,14-16,19H2,1-5H3/b11-9-,21-7+. The number of hydrogen-bond donors (Lipinski definition) is 1. The van der Waals surface area contributed by atoms with Crippen LogP contribution in [0.5, 0.6) is 0 Å². The molecule has 1 N–H and O–H groups in total. The van der Waals surface area contributed by atoms with Gasteiger partial charge in [0, 0.05) is 23.4 Å². The van der Waals surface area contributed by atoms with Gasteiger partial charge in [0.05, 0.1) is 12.6 Å². The number of allylic oxidation sites excluding steroid dienone is 4. The lowest BCUT2D eigenvalue weighted by Crippen LogP contribution is -2.42. The summed E-state index contributed by atoms with van der Waals surface area (Å²) in [7, 11) is 1.69. The summed E-state index contributed by atoms with van der Waals surface area (Å²) in [5.74, 6) is 0.374. The zero-order valence-corrected chi connectivity index (χ0v) is 21.6. The minimum atomic E-state index is -0.393. The van der Waals surface area contributed by atoms with Gasteiger partial charge in [0.1, 0.15) is 6.04 Å². The van der Waals surface area contributed by atoms with E-state index in [9.17, 15) is 10.1 Å². The first kappa shape index (κ1) is 28.2. The van der Waals surface area contributed by atoms with Crippen molar-refractivity contribution in [2.24, 2.45) is 0 Å². The summed E-state index contributed by atoms with van der Waals surface area (Å²) in [4.78, 5) is 14.0. The maximum atomic E-state index is 12.5. The summed E-state index contributed by atoms with van der Waals surface area (Å²) in [6, 6.07) is 7.92. The number of likely N-dealkylation sites (N-methyl/N-ethyl adjacent to an activating group) is 1. The van der Waals surface area contributed by atoms with Gasteiger partial charge in [-0.3, -0.25) is 4.79 Å². The van der Waals surface area contributed by atoms with Crippen LogP contribution in [0.3, 0.4) is 0 Å². The van der Waals surface area contributed by atoms with Gasteiger partial charge in [0.25, 0.3) is 0 Å². The third kappa shape index (κ3) is 7.66. The van der Waals surface area contributed by atoms with E-state index in [0.29, 0.717) is 18.8 Å². The SMILES string of the molecule is C/C=C(\C=C/CCl)C(C)(CCNCC(=O)N(C)C(C#N)CC)c1ccc(Cl)cc1CCC. The van der Waals surface area contributed by atoms with Crippen molar-refractivity contribution in [2.75, 3.05) is 26.0 Å². The van der Waals surface area contributed by atoms with Crippen LogP contribution in [0.1, 0.15) is 58.1 Å². The van der Waals surface area contributed by atoms with E-state index in [2.05, 4.69) is 49.5 Å². The highest BCUT2D eigenvalue weighted by Gasteiger charge is 2.31. The molecule has 0 radical (unpaired) electrons. The summed E-state index contributed by atoms with van der Waals surface area (Å²) in [5.41, 5.74) is 3.40. The van der Waals surface area contributed by atoms with E-state index in [1.54, 1.807) is 7.05 Å². The van der Waals surface area contributed by atoms with Crippen molar-refractivity contribution < 1.29 is 4.79 Å². The molecular formula is C26H37Cl2N3O. The number of amides is 1. The zero-order valence-electron chi connectivity index (χ0n) is 20.0. The molecular weight excluding hydrogens is 441 g/mol. The van der Waals surface area contributed by atoms with Crippen molar-refractivity contribution in [2.45, 2.75) is 64.8 Å². The molecule has 2 atom stereocenters. The molecule has 0 bridgehead atoms. The van der Waals surface area contributed by atoms with Crippen molar-refractivity contribution in [1.82, 2.24) is 10.2 Å². The molecule has 0 saturated heterocycles. The summed E-state index contributed by atoms with van der Waals surface area (Å²) < 4.78 is 0. The van der Waals surface area contributed by atoms with E-state index in [4.69, 9.17) is 23.2 Å². The monoisotopic (exact) mass is 477 g/mol. The summed E-state index contributed by atoms with van der Waals surface area (Å²) in [6.45, 7) is 9.21. The number of halogens is 2. The number of benzene rings is 1. The van der Waals surface area contributed by atoms with Crippen LogP contribution < -0.4 is 5.32 Å². The van der Waals surface area contributed by atoms with Gasteiger partial charge in [-0.2, -0.15) is 5.26 Å². The fourth-order valence-corrected chi connectivity index (χ4v) is 4.35. The molecule has 0 aliphatic carbocycles. The molecule has 0 aliphatic rings. The second-order valence-electron chi connectivity index (χ2n) is 8.17. The maximum absolute atomic E-state index is 12.5. The Kier molecular flexibility index (Phi) is 12.7. The highest BCUT2D eigenvalue weighted by molar-refractivity contribution is 6.30. The molecule has 4 nitrogen and oxygen atoms in total. The predicted molar refractivity (Wildman–Crippen MR) is 136 cm³/mol. The highest BCUT2D eigenvalue weighted by Crippen LogP contribution is 2.39. The first-order chi connectivity index (χ1) is 15.3. The van der Waals surface area contributed by atoms with Crippen molar-refractivity contribution in [1.29, 1.82) is 5.26 Å². The van der Waals surface area contributed by atoms with Crippen LogP contribution in [0.15, 0.2) is 42.0 Å². The number of carbonyl (C=O) groups excluding carboxylic acids is 1. The predicted octanol–water partition coefficient (Wildman–Crippen LogP) is 6.03. The van der Waals surface area contributed by atoms with E-state index in [0.717, 1.165) is 24.3 Å². The van der Waals surface area contributed by atoms with E-state index in [1.807, 2.05) is 26.0 Å². The van der Waals surface area contributed by atoms with Gasteiger partial charge in [-0.05, 0) is 61.6 Å². The number of aryl methyl sites for hydroxylation is 1. The minimum absolute atomic E-state index is 0.0773. The molecule has 1 amide bonds. The Hall–Kier alpha value is -1.80. The molecule has 0 aliphatic heterocycles. The average Bonchev–Trinajstić information content (AvgIpc) is 2.78. The van der Waals surface area contributed by atoms with Crippen molar-refractivity contribution in [3.8, 4) is 6.07 Å². The largest absolute Gasteiger partial charge is 0.329 e. The van der Waals surface area contributed by atoms with Gasteiger partial charge in [-0.15, -0.1) is 11.6 Å². The van der Waals surface area contributed by atoms with Crippen LogP contribution in [0.25, 0.3) is 0 Å². The molecule has 0 saturated carbocycles. The number of nitrogens with one attached hydrogen (secondary N) is 1. The molecule has 1 aromatic carbocycles. The number of nitriles is 1. The van der Waals surface area contributed by atoms with Gasteiger partial charge < -0.3 is 10.2 Å². The van der Waals surface area contributed by atoms with Crippen LogP contribution in [0.4, 0.5) is 0 Å². The van der Waals surface area contributed by atoms with Crippen LogP contribution in [-0.2, 0) is 16.6 Å². The fourth-order valence-electron chi connectivity index (χ4n) is 4.07. The number of alkyl halides is 1. The van der Waals surface area contributed by atoms with Crippen LogP contribution >= 0.6 is 23.2 Å². The van der Waals surface area contributed by atoms with Crippen LogP contribution in [0, 0.1) is 11.3 Å². The first-order valence-electron chi connectivity index (χ1n) is 11.3. The average molecular weight is 479 g/mol. The van der Waals surface area contributed by atoms with Crippen molar-refractivity contribution in [3.63, 3.8) is 0 Å². The van der Waals surface area contributed by atoms with E-state index in [-0.39, 0.29) is 17.9 Å². The molecule has 0 fully saturated rings. The van der Waals surface area contributed by atoms with Crippen molar-refractivity contribution in [3.05, 3.63) is 58.1 Å². The topological polar surface area (TPSA) is 56.1 Å². The Bertz CT molecular complexity index is 844.